The minimum absolute atomic E-state index is 0.119. The number of benzene rings is 2. The third-order valence-electron chi connectivity index (χ3n) is 3.82. The second-order valence-electron chi connectivity index (χ2n) is 5.47. The lowest BCUT2D eigenvalue weighted by molar-refractivity contribution is 0.201. The van der Waals surface area contributed by atoms with Gasteiger partial charge in [-0.25, -0.2) is 0 Å². The van der Waals surface area contributed by atoms with Gasteiger partial charge in [0.2, 0.25) is 0 Å². The van der Waals surface area contributed by atoms with Crippen molar-refractivity contribution in [3.05, 3.63) is 70.2 Å². The molecule has 0 fully saturated rings. The first-order valence-corrected chi connectivity index (χ1v) is 8.16. The van der Waals surface area contributed by atoms with Gasteiger partial charge in [0, 0.05) is 23.1 Å². The Morgan fingerprint density at radius 1 is 1.10 bits per heavy atom. The zero-order valence-corrected chi connectivity index (χ0v) is 14.3. The maximum absolute atomic E-state index is 6.40. The monoisotopic (exact) mass is 346 g/mol. The number of nitrogens with two attached hydrogens (primary N) is 1. The lowest BCUT2D eigenvalue weighted by atomic mass is 9.96. The first-order valence-electron chi connectivity index (χ1n) is 7.37. The normalized spacial score (nSPS) is 14.1. The van der Waals surface area contributed by atoms with Crippen molar-refractivity contribution in [1.82, 2.24) is 4.90 Å². The molecule has 0 radical (unpaired) electrons. The standard InChI is InChI=1S/C18H23BrN2/c1-3-17(20)18(15-10-7-11-16(19)12-15)21(2)13-14-8-5-4-6-9-14/h4-12,17-18H,3,13,20H2,1-2H3. The Hall–Kier alpha value is -1.16. The first kappa shape index (κ1) is 16.2. The van der Waals surface area contributed by atoms with Crippen molar-refractivity contribution in [2.75, 3.05) is 7.05 Å². The van der Waals surface area contributed by atoms with Crippen molar-refractivity contribution in [3.8, 4) is 0 Å². The molecule has 2 unspecified atom stereocenters. The highest BCUT2D eigenvalue weighted by molar-refractivity contribution is 9.10. The molecule has 0 heterocycles. The van der Waals surface area contributed by atoms with Gasteiger partial charge in [0.05, 0.1) is 0 Å². The molecule has 2 aromatic rings. The summed E-state index contributed by atoms with van der Waals surface area (Å²) in [4.78, 5) is 2.34. The summed E-state index contributed by atoms with van der Waals surface area (Å²) in [7, 11) is 2.15. The molecule has 0 saturated heterocycles. The molecule has 2 rings (SSSR count). The van der Waals surface area contributed by atoms with Crippen LogP contribution in [0.5, 0.6) is 0 Å². The van der Waals surface area contributed by atoms with Crippen molar-refractivity contribution in [2.24, 2.45) is 5.73 Å². The van der Waals surface area contributed by atoms with Crippen LogP contribution in [0.15, 0.2) is 59.1 Å². The predicted molar refractivity (Wildman–Crippen MR) is 93.1 cm³/mol. The minimum Gasteiger partial charge on any atom is -0.326 e. The molecule has 0 saturated carbocycles. The van der Waals surface area contributed by atoms with Crippen molar-refractivity contribution in [3.63, 3.8) is 0 Å². The van der Waals surface area contributed by atoms with Gasteiger partial charge in [-0.15, -0.1) is 0 Å². The third kappa shape index (κ3) is 4.40. The van der Waals surface area contributed by atoms with Crippen LogP contribution >= 0.6 is 15.9 Å². The van der Waals surface area contributed by atoms with Crippen molar-refractivity contribution < 1.29 is 0 Å². The molecule has 0 aliphatic carbocycles. The summed E-state index contributed by atoms with van der Waals surface area (Å²) in [6.07, 6.45) is 0.955. The number of nitrogens with zero attached hydrogens (tertiary/aromatic N) is 1. The molecule has 0 aliphatic heterocycles. The lowest BCUT2D eigenvalue weighted by Gasteiger charge is -2.33. The van der Waals surface area contributed by atoms with Gasteiger partial charge in [-0.05, 0) is 36.7 Å². The molecular weight excluding hydrogens is 324 g/mol. The molecule has 2 aromatic carbocycles. The zero-order valence-electron chi connectivity index (χ0n) is 12.7. The SMILES string of the molecule is CCC(N)C(c1cccc(Br)c1)N(C)Cc1ccccc1. The molecule has 21 heavy (non-hydrogen) atoms. The van der Waals surface area contributed by atoms with E-state index in [1.54, 1.807) is 0 Å². The van der Waals surface area contributed by atoms with Crippen LogP contribution < -0.4 is 5.73 Å². The van der Waals surface area contributed by atoms with Gasteiger partial charge in [0.25, 0.3) is 0 Å². The molecular formula is C18H23BrN2. The number of rotatable bonds is 6. The quantitative estimate of drug-likeness (QED) is 0.841. The van der Waals surface area contributed by atoms with E-state index in [4.69, 9.17) is 5.73 Å². The van der Waals surface area contributed by atoms with Crippen LogP contribution in [0.2, 0.25) is 0 Å². The third-order valence-corrected chi connectivity index (χ3v) is 4.31. The molecule has 2 nitrogen and oxygen atoms in total. The average molecular weight is 347 g/mol. The summed E-state index contributed by atoms with van der Waals surface area (Å²) in [6, 6.07) is 19.3. The highest BCUT2D eigenvalue weighted by Crippen LogP contribution is 2.27. The zero-order chi connectivity index (χ0) is 15.2. The van der Waals surface area contributed by atoms with Crippen molar-refractivity contribution in [2.45, 2.75) is 32.0 Å². The summed E-state index contributed by atoms with van der Waals surface area (Å²) >= 11 is 3.56. The van der Waals surface area contributed by atoms with Crippen LogP contribution in [-0.4, -0.2) is 18.0 Å². The summed E-state index contributed by atoms with van der Waals surface area (Å²) in [5.41, 5.74) is 8.97. The number of hydrogen-bond donors (Lipinski definition) is 1. The van der Waals surface area contributed by atoms with Crippen LogP contribution in [0.3, 0.4) is 0 Å². The fourth-order valence-corrected chi connectivity index (χ4v) is 3.13. The molecule has 2 N–H and O–H groups in total. The number of hydrogen-bond acceptors (Lipinski definition) is 2. The van der Waals surface area contributed by atoms with E-state index in [1.807, 2.05) is 6.07 Å². The topological polar surface area (TPSA) is 29.3 Å². The van der Waals surface area contributed by atoms with Gasteiger partial charge >= 0.3 is 0 Å². The lowest BCUT2D eigenvalue weighted by Crippen LogP contribution is -2.38. The molecule has 0 aliphatic rings. The van der Waals surface area contributed by atoms with E-state index in [0.29, 0.717) is 0 Å². The first-order chi connectivity index (χ1) is 10.1. The van der Waals surface area contributed by atoms with Gasteiger partial charge in [-0.3, -0.25) is 4.90 Å². The van der Waals surface area contributed by atoms with E-state index in [2.05, 4.69) is 83.3 Å². The molecule has 3 heteroatoms. The minimum atomic E-state index is 0.119. The van der Waals surface area contributed by atoms with Crippen LogP contribution in [0.4, 0.5) is 0 Å². The highest BCUT2D eigenvalue weighted by Gasteiger charge is 2.23. The Kier molecular flexibility index (Phi) is 5.97. The van der Waals surface area contributed by atoms with Gasteiger partial charge in [0.15, 0.2) is 0 Å². The van der Waals surface area contributed by atoms with E-state index < -0.39 is 0 Å². The Labute approximate surface area is 136 Å². The fraction of sp³-hybridized carbons (Fsp3) is 0.333. The Morgan fingerprint density at radius 2 is 1.81 bits per heavy atom. The van der Waals surface area contributed by atoms with E-state index in [9.17, 15) is 0 Å². The molecule has 112 valence electrons. The molecule has 0 amide bonds. The second-order valence-corrected chi connectivity index (χ2v) is 6.39. The summed E-state index contributed by atoms with van der Waals surface area (Å²) in [5, 5.41) is 0. The molecule has 0 bridgehead atoms. The van der Waals surface area contributed by atoms with Gasteiger partial charge < -0.3 is 5.73 Å². The van der Waals surface area contributed by atoms with Gasteiger partial charge in [-0.2, -0.15) is 0 Å². The highest BCUT2D eigenvalue weighted by atomic mass is 79.9. The summed E-state index contributed by atoms with van der Waals surface area (Å²) < 4.78 is 1.10. The number of likely N-dealkylation sites (N-methyl/N-ethyl adjacent to an activating group) is 1. The smallest absolute Gasteiger partial charge is 0.0499 e. The van der Waals surface area contributed by atoms with Crippen LogP contribution in [0.1, 0.15) is 30.5 Å². The molecule has 2 atom stereocenters. The van der Waals surface area contributed by atoms with Crippen molar-refractivity contribution >= 4 is 15.9 Å². The van der Waals surface area contributed by atoms with Crippen LogP contribution in [-0.2, 0) is 6.54 Å². The maximum Gasteiger partial charge on any atom is 0.0499 e. The molecule has 0 aromatic heterocycles. The largest absolute Gasteiger partial charge is 0.326 e. The maximum atomic E-state index is 6.40. The summed E-state index contributed by atoms with van der Waals surface area (Å²) in [6.45, 7) is 3.04. The van der Waals surface area contributed by atoms with Crippen LogP contribution in [0.25, 0.3) is 0 Å². The Morgan fingerprint density at radius 3 is 2.43 bits per heavy atom. The van der Waals surface area contributed by atoms with Gasteiger partial charge in [-0.1, -0.05) is 65.3 Å². The van der Waals surface area contributed by atoms with Gasteiger partial charge in [0.1, 0.15) is 0 Å². The number of halogens is 1. The van der Waals surface area contributed by atoms with Crippen LogP contribution in [0, 0.1) is 0 Å². The Bertz CT molecular complexity index is 556. The predicted octanol–water partition coefficient (Wildman–Crippen LogP) is 4.36. The average Bonchev–Trinajstić information content (AvgIpc) is 2.48. The van der Waals surface area contributed by atoms with E-state index in [0.717, 1.165) is 17.4 Å². The van der Waals surface area contributed by atoms with E-state index >= 15 is 0 Å². The molecule has 0 spiro atoms. The Balaban J connectivity index is 2.23. The summed E-state index contributed by atoms with van der Waals surface area (Å²) in [5.74, 6) is 0. The van der Waals surface area contributed by atoms with E-state index in [1.165, 1.54) is 11.1 Å². The van der Waals surface area contributed by atoms with Crippen molar-refractivity contribution in [1.29, 1.82) is 0 Å². The van der Waals surface area contributed by atoms with E-state index in [-0.39, 0.29) is 12.1 Å². The fourth-order valence-electron chi connectivity index (χ4n) is 2.71. The second kappa shape index (κ2) is 7.74.